The first-order chi connectivity index (χ1) is 9.46. The van der Waals surface area contributed by atoms with Crippen molar-refractivity contribution in [3.05, 3.63) is 36.0 Å². The van der Waals surface area contributed by atoms with E-state index in [9.17, 15) is 4.79 Å². The van der Waals surface area contributed by atoms with Crippen molar-refractivity contribution in [3.63, 3.8) is 0 Å². The highest BCUT2D eigenvalue weighted by atomic mass is 16.5. The van der Waals surface area contributed by atoms with Gasteiger partial charge in [0, 0.05) is 24.7 Å². The van der Waals surface area contributed by atoms with Crippen molar-refractivity contribution in [2.75, 3.05) is 13.1 Å². The summed E-state index contributed by atoms with van der Waals surface area (Å²) in [6.45, 7) is 7.32. The van der Waals surface area contributed by atoms with Crippen LogP contribution in [-0.2, 0) is 4.74 Å². The number of H-pyrrole nitrogens is 1. The summed E-state index contributed by atoms with van der Waals surface area (Å²) >= 11 is 0. The van der Waals surface area contributed by atoms with Crippen LogP contribution < -0.4 is 0 Å². The Bertz CT molecular complexity index is 645. The normalized spacial score (nSPS) is 22.1. The Morgan fingerprint density at radius 1 is 1.40 bits per heavy atom. The van der Waals surface area contributed by atoms with E-state index in [1.807, 2.05) is 56.1 Å². The van der Waals surface area contributed by atoms with Crippen molar-refractivity contribution in [1.82, 2.24) is 9.88 Å². The van der Waals surface area contributed by atoms with Crippen LogP contribution in [0.2, 0.25) is 0 Å². The summed E-state index contributed by atoms with van der Waals surface area (Å²) in [4.78, 5) is 17.8. The smallest absolute Gasteiger partial charge is 0.256 e. The molecule has 1 aliphatic rings. The number of fused-ring (bicyclic) bond motifs is 1. The van der Waals surface area contributed by atoms with Crippen molar-refractivity contribution in [3.8, 4) is 0 Å². The number of aromatic nitrogens is 1. The van der Waals surface area contributed by atoms with Crippen LogP contribution in [0.15, 0.2) is 30.5 Å². The summed E-state index contributed by atoms with van der Waals surface area (Å²) in [6.07, 6.45) is 1.93. The fraction of sp³-hybridized carbons (Fsp3) is 0.438. The first-order valence-electron chi connectivity index (χ1n) is 6.99. The van der Waals surface area contributed by atoms with Gasteiger partial charge >= 0.3 is 0 Å². The van der Waals surface area contributed by atoms with Crippen molar-refractivity contribution in [2.24, 2.45) is 0 Å². The zero-order chi connectivity index (χ0) is 14.3. The van der Waals surface area contributed by atoms with Gasteiger partial charge in [0.25, 0.3) is 5.91 Å². The molecule has 20 heavy (non-hydrogen) atoms. The molecule has 1 N–H and O–H groups in total. The van der Waals surface area contributed by atoms with Crippen LogP contribution in [0.4, 0.5) is 0 Å². The van der Waals surface area contributed by atoms with E-state index >= 15 is 0 Å². The fourth-order valence-corrected chi connectivity index (χ4v) is 3.04. The second kappa shape index (κ2) is 4.63. The summed E-state index contributed by atoms with van der Waals surface area (Å²) in [5, 5.41) is 1.07. The van der Waals surface area contributed by atoms with E-state index in [4.69, 9.17) is 4.74 Å². The van der Waals surface area contributed by atoms with E-state index in [2.05, 4.69) is 4.98 Å². The van der Waals surface area contributed by atoms with Gasteiger partial charge in [0.05, 0.1) is 22.8 Å². The minimum absolute atomic E-state index is 0.0607. The van der Waals surface area contributed by atoms with Crippen LogP contribution in [0.25, 0.3) is 10.9 Å². The molecule has 0 aliphatic carbocycles. The molecule has 1 unspecified atom stereocenters. The Balaban J connectivity index is 1.94. The number of rotatable bonds is 1. The first-order valence-corrected chi connectivity index (χ1v) is 6.99. The number of ether oxygens (including phenoxy) is 1. The Labute approximate surface area is 118 Å². The Hall–Kier alpha value is -1.81. The molecule has 0 spiro atoms. The molecule has 3 rings (SSSR count). The molecule has 1 saturated heterocycles. The summed E-state index contributed by atoms with van der Waals surface area (Å²) in [5.41, 5.74) is 1.35. The van der Waals surface area contributed by atoms with Crippen LogP contribution in [0.1, 0.15) is 31.1 Å². The summed E-state index contributed by atoms with van der Waals surface area (Å²) in [6, 6.07) is 7.80. The lowest BCUT2D eigenvalue weighted by Crippen LogP contribution is -2.53. The number of aromatic amines is 1. The topological polar surface area (TPSA) is 45.3 Å². The number of para-hydroxylation sites is 1. The Morgan fingerprint density at radius 2 is 2.20 bits per heavy atom. The first kappa shape index (κ1) is 13.2. The maximum absolute atomic E-state index is 12.8. The third-order valence-electron chi connectivity index (χ3n) is 3.67. The van der Waals surface area contributed by atoms with Crippen LogP contribution in [0, 0.1) is 0 Å². The number of carbonyl (C=O) groups excluding carboxylic acids is 1. The van der Waals surface area contributed by atoms with E-state index in [1.165, 1.54) is 0 Å². The molecule has 4 nitrogen and oxygen atoms in total. The largest absolute Gasteiger partial charge is 0.369 e. The maximum Gasteiger partial charge on any atom is 0.256 e. The highest BCUT2D eigenvalue weighted by molar-refractivity contribution is 6.05. The molecule has 1 amide bonds. The van der Waals surface area contributed by atoms with E-state index in [0.29, 0.717) is 13.1 Å². The minimum Gasteiger partial charge on any atom is -0.369 e. The number of hydrogen-bond donors (Lipinski definition) is 1. The van der Waals surface area contributed by atoms with Gasteiger partial charge < -0.3 is 14.6 Å². The standard InChI is InChI=1S/C16H20N2O2/c1-11-9-18(10-16(2,3)20-11)15(19)13-6-4-5-12-7-8-17-14(12)13/h4-8,11,17H,9-10H2,1-3H3. The predicted octanol–water partition coefficient (Wildman–Crippen LogP) is 2.81. The average molecular weight is 272 g/mol. The molecule has 1 aromatic carbocycles. The maximum atomic E-state index is 12.8. The van der Waals surface area contributed by atoms with Gasteiger partial charge in [0.2, 0.25) is 0 Å². The molecule has 0 radical (unpaired) electrons. The average Bonchev–Trinajstić information content (AvgIpc) is 2.83. The number of hydrogen-bond acceptors (Lipinski definition) is 2. The zero-order valence-electron chi connectivity index (χ0n) is 12.1. The number of nitrogens with zero attached hydrogens (tertiary/aromatic N) is 1. The molecule has 1 fully saturated rings. The van der Waals surface area contributed by atoms with E-state index in [1.54, 1.807) is 0 Å². The van der Waals surface area contributed by atoms with Crippen molar-refractivity contribution in [1.29, 1.82) is 0 Å². The summed E-state index contributed by atoms with van der Waals surface area (Å²) in [5.74, 6) is 0.0706. The van der Waals surface area contributed by atoms with Gasteiger partial charge in [0.15, 0.2) is 0 Å². The lowest BCUT2D eigenvalue weighted by Gasteiger charge is -2.41. The van der Waals surface area contributed by atoms with Gasteiger partial charge in [-0.1, -0.05) is 12.1 Å². The third kappa shape index (κ3) is 2.31. The lowest BCUT2D eigenvalue weighted by atomic mass is 10.0. The molecule has 1 atom stereocenters. The summed E-state index contributed by atoms with van der Waals surface area (Å²) < 4.78 is 5.86. The molecule has 1 aromatic heterocycles. The molecule has 0 bridgehead atoms. The van der Waals surface area contributed by atoms with Gasteiger partial charge in [-0.2, -0.15) is 0 Å². The van der Waals surface area contributed by atoms with Crippen LogP contribution in [0.3, 0.4) is 0 Å². The number of amides is 1. The van der Waals surface area contributed by atoms with Gasteiger partial charge in [-0.05, 0) is 32.9 Å². The zero-order valence-corrected chi connectivity index (χ0v) is 12.1. The molecule has 2 heterocycles. The second-order valence-electron chi connectivity index (χ2n) is 6.12. The highest BCUT2D eigenvalue weighted by Gasteiger charge is 2.34. The van der Waals surface area contributed by atoms with Gasteiger partial charge in [-0.25, -0.2) is 0 Å². The monoisotopic (exact) mass is 272 g/mol. The minimum atomic E-state index is -0.295. The van der Waals surface area contributed by atoms with E-state index < -0.39 is 0 Å². The molecular weight excluding hydrogens is 252 g/mol. The SMILES string of the molecule is CC1CN(C(=O)c2cccc3cc[nH]c23)CC(C)(C)O1. The molecule has 0 saturated carbocycles. The van der Waals surface area contributed by atoms with Gasteiger partial charge in [-0.3, -0.25) is 4.79 Å². The van der Waals surface area contributed by atoms with Crippen LogP contribution >= 0.6 is 0 Å². The lowest BCUT2D eigenvalue weighted by molar-refractivity contribution is -0.118. The fourth-order valence-electron chi connectivity index (χ4n) is 3.04. The molecule has 4 heteroatoms. The number of carbonyl (C=O) groups is 1. The summed E-state index contributed by atoms with van der Waals surface area (Å²) in [7, 11) is 0. The molecule has 2 aromatic rings. The number of nitrogens with one attached hydrogen (secondary N) is 1. The Morgan fingerprint density at radius 3 is 2.95 bits per heavy atom. The molecule has 1 aliphatic heterocycles. The molecular formula is C16H20N2O2. The number of benzene rings is 1. The quantitative estimate of drug-likeness (QED) is 0.867. The number of morpholine rings is 1. The predicted molar refractivity (Wildman–Crippen MR) is 78.8 cm³/mol. The van der Waals surface area contributed by atoms with Gasteiger partial charge in [-0.15, -0.1) is 0 Å². The van der Waals surface area contributed by atoms with Crippen molar-refractivity contribution < 1.29 is 9.53 Å². The Kier molecular flexibility index (Phi) is 3.05. The van der Waals surface area contributed by atoms with Crippen molar-refractivity contribution in [2.45, 2.75) is 32.5 Å². The highest BCUT2D eigenvalue weighted by Crippen LogP contribution is 2.24. The van der Waals surface area contributed by atoms with Crippen LogP contribution in [0.5, 0.6) is 0 Å². The third-order valence-corrected chi connectivity index (χ3v) is 3.67. The van der Waals surface area contributed by atoms with Crippen LogP contribution in [-0.4, -0.2) is 40.6 Å². The van der Waals surface area contributed by atoms with E-state index in [0.717, 1.165) is 16.5 Å². The van der Waals surface area contributed by atoms with Gasteiger partial charge in [0.1, 0.15) is 0 Å². The molecule has 106 valence electrons. The second-order valence-corrected chi connectivity index (χ2v) is 6.12. The van der Waals surface area contributed by atoms with Crippen molar-refractivity contribution >= 4 is 16.8 Å². The van der Waals surface area contributed by atoms with E-state index in [-0.39, 0.29) is 17.6 Å².